The van der Waals surface area contributed by atoms with Gasteiger partial charge in [0.25, 0.3) is 0 Å². The van der Waals surface area contributed by atoms with Gasteiger partial charge in [0, 0.05) is 0 Å². The zero-order chi connectivity index (χ0) is 13.0. The minimum absolute atomic E-state index is 0.377. The first-order chi connectivity index (χ1) is 7.97. The third kappa shape index (κ3) is 3.03. The van der Waals surface area contributed by atoms with E-state index in [0.717, 1.165) is 11.6 Å². The van der Waals surface area contributed by atoms with Crippen molar-refractivity contribution in [2.24, 2.45) is 0 Å². The molecule has 1 atom stereocenters. The van der Waals surface area contributed by atoms with Crippen LogP contribution in [0.15, 0.2) is 36.9 Å². The van der Waals surface area contributed by atoms with Crippen molar-refractivity contribution >= 4 is 11.8 Å². The van der Waals surface area contributed by atoms with Gasteiger partial charge in [0.05, 0.1) is 0 Å². The lowest BCUT2D eigenvalue weighted by atomic mass is 9.92. The van der Waals surface area contributed by atoms with Crippen LogP contribution < -0.4 is 0 Å². The zero-order valence-corrected chi connectivity index (χ0v) is 10.0. The number of carboxylic acids is 1. The Hall–Kier alpha value is -1.90. The summed E-state index contributed by atoms with van der Waals surface area (Å²) < 4.78 is 0. The average Bonchev–Trinajstić information content (AvgIpc) is 2.29. The molecule has 1 aromatic carbocycles. The molecule has 1 rings (SSSR count). The van der Waals surface area contributed by atoms with Crippen LogP contribution in [0.25, 0.3) is 0 Å². The van der Waals surface area contributed by atoms with Crippen LogP contribution in [0.5, 0.6) is 0 Å². The molecule has 1 unspecified atom stereocenters. The molecule has 17 heavy (non-hydrogen) atoms. The van der Waals surface area contributed by atoms with E-state index in [4.69, 9.17) is 5.11 Å². The monoisotopic (exact) mass is 232 g/mol. The Labute approximate surface area is 101 Å². The second kappa shape index (κ2) is 5.43. The van der Waals surface area contributed by atoms with E-state index in [2.05, 4.69) is 20.4 Å². The van der Waals surface area contributed by atoms with Crippen LogP contribution in [-0.2, 0) is 9.59 Å². The summed E-state index contributed by atoms with van der Waals surface area (Å²) in [6.07, 6.45) is 1.05. The Morgan fingerprint density at radius 2 is 1.65 bits per heavy atom. The lowest BCUT2D eigenvalue weighted by Crippen LogP contribution is -2.19. The maximum atomic E-state index is 11.5. The molecule has 0 fully saturated rings. The number of rotatable bonds is 5. The highest BCUT2D eigenvalue weighted by molar-refractivity contribution is 6.08. The number of allylic oxidation sites excluding steroid dienone is 1. The largest absolute Gasteiger partial charge is 0.480 e. The predicted molar refractivity (Wildman–Crippen MR) is 66.1 cm³/mol. The van der Waals surface area contributed by atoms with Crippen LogP contribution in [-0.4, -0.2) is 16.9 Å². The molecule has 90 valence electrons. The number of aliphatic carboxylic acids is 1. The van der Waals surface area contributed by atoms with Crippen molar-refractivity contribution in [1.29, 1.82) is 0 Å². The van der Waals surface area contributed by atoms with E-state index in [0.29, 0.717) is 11.5 Å². The second-order valence-electron chi connectivity index (χ2n) is 4.20. The molecule has 0 saturated carbocycles. The molecule has 3 nitrogen and oxygen atoms in total. The van der Waals surface area contributed by atoms with Gasteiger partial charge in [0.2, 0.25) is 0 Å². The molecule has 0 aliphatic rings. The second-order valence-corrected chi connectivity index (χ2v) is 4.20. The topological polar surface area (TPSA) is 54.4 Å². The number of hydrogen-bond acceptors (Lipinski definition) is 2. The van der Waals surface area contributed by atoms with E-state index in [1.165, 1.54) is 0 Å². The Kier molecular flexibility index (Phi) is 4.21. The van der Waals surface area contributed by atoms with Crippen LogP contribution in [0.3, 0.4) is 0 Å². The Morgan fingerprint density at radius 1 is 1.18 bits per heavy atom. The highest BCUT2D eigenvalue weighted by Crippen LogP contribution is 2.21. The number of carboxylic acid groups (broad SMARTS) is 1. The van der Waals surface area contributed by atoms with Gasteiger partial charge in [0.15, 0.2) is 5.78 Å². The van der Waals surface area contributed by atoms with Gasteiger partial charge >= 0.3 is 5.97 Å². The summed E-state index contributed by atoms with van der Waals surface area (Å²) in [6, 6.07) is 7.09. The molecule has 1 aromatic rings. The van der Waals surface area contributed by atoms with Gasteiger partial charge in [-0.25, -0.2) is 0 Å². The molecule has 0 spiro atoms. The first-order valence-electron chi connectivity index (χ1n) is 5.46. The highest BCUT2D eigenvalue weighted by atomic mass is 16.4. The first kappa shape index (κ1) is 13.2. The fraction of sp³-hybridized carbons (Fsp3) is 0.286. The number of carbonyl (C=O) groups excluding carboxylic acids is 1. The average molecular weight is 232 g/mol. The maximum absolute atomic E-state index is 11.5. The maximum Gasteiger partial charge on any atom is 0.318 e. The third-order valence-corrected chi connectivity index (χ3v) is 2.67. The van der Waals surface area contributed by atoms with Crippen molar-refractivity contribution in [3.8, 4) is 0 Å². The minimum atomic E-state index is -1.15. The van der Waals surface area contributed by atoms with Gasteiger partial charge in [-0.05, 0) is 23.1 Å². The van der Waals surface area contributed by atoms with Crippen LogP contribution in [0.2, 0.25) is 0 Å². The summed E-state index contributed by atoms with van der Waals surface area (Å²) in [7, 11) is 0. The first-order valence-corrected chi connectivity index (χ1v) is 5.46. The van der Waals surface area contributed by atoms with Gasteiger partial charge in [-0.15, -0.1) is 0 Å². The van der Waals surface area contributed by atoms with Gasteiger partial charge in [0.1, 0.15) is 5.92 Å². The highest BCUT2D eigenvalue weighted by Gasteiger charge is 2.25. The summed E-state index contributed by atoms with van der Waals surface area (Å²) in [4.78, 5) is 22.5. The van der Waals surface area contributed by atoms with Crippen LogP contribution in [0, 0.1) is 0 Å². The fourth-order valence-electron chi connectivity index (χ4n) is 1.62. The number of ketones is 1. The fourth-order valence-corrected chi connectivity index (χ4v) is 1.62. The Bertz CT molecular complexity index is 429. The molecule has 0 amide bonds. The van der Waals surface area contributed by atoms with Crippen LogP contribution in [0.4, 0.5) is 0 Å². The number of carbonyl (C=O) groups is 2. The number of benzene rings is 1. The SMILES string of the molecule is C=CC(=O)C(C(=O)O)c1ccc(C(C)C)cc1. The lowest BCUT2D eigenvalue weighted by Gasteiger charge is -2.11. The molecular weight excluding hydrogens is 216 g/mol. The summed E-state index contributed by atoms with van der Waals surface area (Å²) in [5.74, 6) is -2.40. The summed E-state index contributed by atoms with van der Waals surface area (Å²) >= 11 is 0. The van der Waals surface area contributed by atoms with Crippen LogP contribution >= 0.6 is 0 Å². The van der Waals surface area contributed by atoms with Crippen molar-refractivity contribution in [3.63, 3.8) is 0 Å². The summed E-state index contributed by atoms with van der Waals surface area (Å²) in [6.45, 7) is 7.43. The molecule has 1 N–H and O–H groups in total. The summed E-state index contributed by atoms with van der Waals surface area (Å²) in [5.41, 5.74) is 1.61. The van der Waals surface area contributed by atoms with E-state index < -0.39 is 17.7 Å². The standard InChI is InChI=1S/C14H16O3/c1-4-12(15)13(14(16)17)11-7-5-10(6-8-11)9(2)3/h4-9,13H,1H2,2-3H3,(H,16,17). The van der Waals surface area contributed by atoms with Crippen LogP contribution in [0.1, 0.15) is 36.8 Å². The smallest absolute Gasteiger partial charge is 0.318 e. The van der Waals surface area contributed by atoms with Gasteiger partial charge in [-0.1, -0.05) is 44.7 Å². The predicted octanol–water partition coefficient (Wildman–Crippen LogP) is 2.73. The van der Waals surface area contributed by atoms with Crippen molar-refractivity contribution < 1.29 is 14.7 Å². The molecule has 0 aromatic heterocycles. The molecule has 0 saturated heterocycles. The van der Waals surface area contributed by atoms with Crippen molar-refractivity contribution in [2.45, 2.75) is 25.7 Å². The molecule has 0 heterocycles. The van der Waals surface area contributed by atoms with Crippen molar-refractivity contribution in [3.05, 3.63) is 48.0 Å². The van der Waals surface area contributed by atoms with E-state index in [-0.39, 0.29) is 0 Å². The zero-order valence-electron chi connectivity index (χ0n) is 10.0. The molecule has 3 heteroatoms. The van der Waals surface area contributed by atoms with Crippen molar-refractivity contribution in [1.82, 2.24) is 0 Å². The van der Waals surface area contributed by atoms with Gasteiger partial charge in [-0.2, -0.15) is 0 Å². The number of hydrogen-bond donors (Lipinski definition) is 1. The molecule has 0 aliphatic carbocycles. The Balaban J connectivity index is 3.08. The van der Waals surface area contributed by atoms with E-state index in [1.54, 1.807) is 12.1 Å². The molecule has 0 radical (unpaired) electrons. The van der Waals surface area contributed by atoms with Gasteiger partial charge in [-0.3, -0.25) is 9.59 Å². The van der Waals surface area contributed by atoms with E-state index >= 15 is 0 Å². The normalized spacial score (nSPS) is 12.2. The third-order valence-electron chi connectivity index (χ3n) is 2.67. The summed E-state index contributed by atoms with van der Waals surface area (Å²) in [5, 5.41) is 9.04. The molecule has 0 bridgehead atoms. The Morgan fingerprint density at radius 3 is 2.00 bits per heavy atom. The molecule has 0 aliphatic heterocycles. The van der Waals surface area contributed by atoms with Gasteiger partial charge < -0.3 is 5.11 Å². The quantitative estimate of drug-likeness (QED) is 0.627. The lowest BCUT2D eigenvalue weighted by molar-refractivity contribution is -0.141. The van der Waals surface area contributed by atoms with E-state index in [9.17, 15) is 9.59 Å². The van der Waals surface area contributed by atoms with Crippen molar-refractivity contribution in [2.75, 3.05) is 0 Å². The van der Waals surface area contributed by atoms with E-state index in [1.807, 2.05) is 12.1 Å². The molecular formula is C14H16O3. The minimum Gasteiger partial charge on any atom is -0.480 e.